The monoisotopic (exact) mass is 587 g/mol. The molecule has 0 unspecified atom stereocenters. The summed E-state index contributed by atoms with van der Waals surface area (Å²) in [5, 5.41) is 0. The van der Waals surface area contributed by atoms with E-state index >= 15 is 0 Å². The summed E-state index contributed by atoms with van der Waals surface area (Å²) in [5.74, 6) is 1.42. The number of para-hydroxylation sites is 1. The normalized spacial score (nSPS) is 11.0. The van der Waals surface area contributed by atoms with Gasteiger partial charge in [0.25, 0.3) is 5.91 Å². The number of nitrogens with zero attached hydrogens (tertiary/aromatic N) is 2. The molecule has 0 atom stereocenters. The lowest BCUT2D eigenvalue weighted by Gasteiger charge is -2.23. The topological polar surface area (TPSA) is 42.7 Å². The number of rotatable bonds is 22. The van der Waals surface area contributed by atoms with Gasteiger partial charge in [0.05, 0.1) is 20.3 Å². The van der Waals surface area contributed by atoms with E-state index in [-0.39, 0.29) is 5.91 Å². The highest BCUT2D eigenvalue weighted by molar-refractivity contribution is 6.05. The van der Waals surface area contributed by atoms with Crippen molar-refractivity contribution in [3.05, 3.63) is 84.2 Å². The number of aryl methyl sites for hydroxylation is 1. The number of benzene rings is 2. The van der Waals surface area contributed by atoms with Crippen molar-refractivity contribution < 1.29 is 18.8 Å². The highest BCUT2D eigenvalue weighted by atomic mass is 16.5. The number of hydrogen-bond acceptors (Lipinski definition) is 3. The second-order valence-corrected chi connectivity index (χ2v) is 11.6. The maximum Gasteiger partial charge on any atom is 0.264 e. The van der Waals surface area contributed by atoms with Crippen molar-refractivity contribution in [3.63, 3.8) is 0 Å². The Morgan fingerprint density at radius 2 is 1.35 bits per heavy atom. The first-order valence-electron chi connectivity index (χ1n) is 16.8. The fourth-order valence-electron chi connectivity index (χ4n) is 5.48. The van der Waals surface area contributed by atoms with Gasteiger partial charge in [-0.15, -0.1) is 0 Å². The lowest BCUT2D eigenvalue weighted by Crippen LogP contribution is -2.36. The summed E-state index contributed by atoms with van der Waals surface area (Å²) in [4.78, 5) is 15.5. The van der Waals surface area contributed by atoms with Crippen LogP contribution in [0, 0.1) is 0 Å². The van der Waals surface area contributed by atoms with Gasteiger partial charge in [-0.05, 0) is 49.2 Å². The maximum absolute atomic E-state index is 13.7. The quantitative estimate of drug-likeness (QED) is 0.0868. The van der Waals surface area contributed by atoms with Crippen LogP contribution >= 0.6 is 0 Å². The second kappa shape index (κ2) is 20.5. The number of hydrogen-bond donors (Lipinski definition) is 0. The van der Waals surface area contributed by atoms with E-state index in [1.54, 1.807) is 7.11 Å². The Kier molecular flexibility index (Phi) is 16.3. The molecule has 0 fully saturated rings. The molecule has 2 aromatic carbocycles. The van der Waals surface area contributed by atoms with Gasteiger partial charge in [0, 0.05) is 11.8 Å². The standard InChI is InChI=1S/C38H55N2O3/c1-4-6-7-8-9-10-11-12-13-14-15-16-17-21-29-43-36-27-26-33(30-37(36)42-3)31-40(35-24-19-18-20-25-35)38(41)34-23-22-28-39(5-2)32-34/h18-20,22-28,30,32H,4-17,21,29,31H2,1-3H3/q+1. The molecule has 0 saturated carbocycles. The Labute approximate surface area is 261 Å². The minimum Gasteiger partial charge on any atom is -0.493 e. The van der Waals surface area contributed by atoms with Gasteiger partial charge in [0.2, 0.25) is 0 Å². The third kappa shape index (κ3) is 12.4. The van der Waals surface area contributed by atoms with E-state index in [2.05, 4.69) is 13.8 Å². The molecule has 0 bridgehead atoms. The highest BCUT2D eigenvalue weighted by Gasteiger charge is 2.21. The van der Waals surface area contributed by atoms with Crippen molar-refractivity contribution in [2.75, 3.05) is 18.6 Å². The van der Waals surface area contributed by atoms with Crippen LogP contribution in [-0.2, 0) is 13.1 Å². The molecule has 234 valence electrons. The molecule has 1 aromatic heterocycles. The average Bonchev–Trinajstić information content (AvgIpc) is 3.05. The highest BCUT2D eigenvalue weighted by Crippen LogP contribution is 2.30. The smallest absolute Gasteiger partial charge is 0.264 e. The zero-order valence-corrected chi connectivity index (χ0v) is 27.1. The molecular weight excluding hydrogens is 532 g/mol. The van der Waals surface area contributed by atoms with E-state index in [0.717, 1.165) is 30.0 Å². The van der Waals surface area contributed by atoms with Crippen molar-refractivity contribution in [2.45, 2.75) is 117 Å². The first-order chi connectivity index (χ1) is 21.2. The number of anilines is 1. The van der Waals surface area contributed by atoms with Crippen LogP contribution in [0.3, 0.4) is 0 Å². The third-order valence-electron chi connectivity index (χ3n) is 8.11. The summed E-state index contributed by atoms with van der Waals surface area (Å²) in [5.41, 5.74) is 2.50. The van der Waals surface area contributed by atoms with Crippen molar-refractivity contribution >= 4 is 11.6 Å². The molecule has 3 aromatic rings. The number of aromatic nitrogens is 1. The Balaban J connectivity index is 1.43. The molecule has 0 N–H and O–H groups in total. The Morgan fingerprint density at radius 3 is 1.95 bits per heavy atom. The predicted molar refractivity (Wildman–Crippen MR) is 178 cm³/mol. The number of methoxy groups -OCH3 is 1. The van der Waals surface area contributed by atoms with E-state index in [9.17, 15) is 4.79 Å². The first kappa shape index (κ1) is 34.2. The van der Waals surface area contributed by atoms with Gasteiger partial charge in [0.1, 0.15) is 12.1 Å². The van der Waals surface area contributed by atoms with Crippen molar-refractivity contribution in [1.29, 1.82) is 0 Å². The fraction of sp³-hybridized carbons (Fsp3) is 0.526. The summed E-state index contributed by atoms with van der Waals surface area (Å²) < 4.78 is 13.8. The number of pyridine rings is 1. The average molecular weight is 588 g/mol. The van der Waals surface area contributed by atoms with Crippen LogP contribution in [0.15, 0.2) is 73.1 Å². The largest absolute Gasteiger partial charge is 0.493 e. The van der Waals surface area contributed by atoms with Crippen molar-refractivity contribution in [3.8, 4) is 11.5 Å². The lowest BCUT2D eigenvalue weighted by molar-refractivity contribution is -0.693. The fourth-order valence-corrected chi connectivity index (χ4v) is 5.48. The van der Waals surface area contributed by atoms with Crippen LogP contribution in [0.5, 0.6) is 11.5 Å². The summed E-state index contributed by atoms with van der Waals surface area (Å²) in [7, 11) is 1.67. The molecule has 0 aliphatic rings. The number of amides is 1. The summed E-state index contributed by atoms with van der Waals surface area (Å²) in [6.07, 6.45) is 22.7. The molecule has 5 heteroatoms. The number of carbonyl (C=O) groups is 1. The van der Waals surface area contributed by atoms with Crippen molar-refractivity contribution in [1.82, 2.24) is 0 Å². The van der Waals surface area contributed by atoms with E-state index in [1.807, 2.05) is 82.5 Å². The molecule has 0 aliphatic heterocycles. The lowest BCUT2D eigenvalue weighted by atomic mass is 10.0. The van der Waals surface area contributed by atoms with E-state index < -0.39 is 0 Å². The van der Waals surface area contributed by atoms with Crippen LogP contribution in [-0.4, -0.2) is 19.6 Å². The van der Waals surface area contributed by atoms with Gasteiger partial charge in [-0.1, -0.05) is 115 Å². The van der Waals surface area contributed by atoms with E-state index in [1.165, 1.54) is 83.5 Å². The van der Waals surface area contributed by atoms with Crippen LogP contribution in [0.25, 0.3) is 0 Å². The van der Waals surface area contributed by atoms with Gasteiger partial charge < -0.3 is 14.4 Å². The second-order valence-electron chi connectivity index (χ2n) is 11.6. The zero-order chi connectivity index (χ0) is 30.5. The third-order valence-corrected chi connectivity index (χ3v) is 8.11. The summed E-state index contributed by atoms with van der Waals surface area (Å²) >= 11 is 0. The number of unbranched alkanes of at least 4 members (excludes halogenated alkanes) is 13. The molecular formula is C38H55N2O3+. The molecule has 0 radical (unpaired) electrons. The molecule has 1 amide bonds. The minimum absolute atomic E-state index is 0.0360. The molecule has 5 nitrogen and oxygen atoms in total. The van der Waals surface area contributed by atoms with Crippen LogP contribution in [0.2, 0.25) is 0 Å². The van der Waals surface area contributed by atoms with E-state index in [0.29, 0.717) is 24.5 Å². The Morgan fingerprint density at radius 1 is 0.721 bits per heavy atom. The van der Waals surface area contributed by atoms with Gasteiger partial charge in [-0.25, -0.2) is 4.57 Å². The van der Waals surface area contributed by atoms with Gasteiger partial charge in [-0.2, -0.15) is 0 Å². The van der Waals surface area contributed by atoms with Crippen molar-refractivity contribution in [2.24, 2.45) is 0 Å². The molecule has 0 saturated heterocycles. The summed E-state index contributed by atoms with van der Waals surface area (Å²) in [6, 6.07) is 19.6. The molecule has 0 aliphatic carbocycles. The predicted octanol–water partition coefficient (Wildman–Crippen LogP) is 9.71. The maximum atomic E-state index is 13.7. The number of carbonyl (C=O) groups excluding carboxylic acids is 1. The molecule has 1 heterocycles. The van der Waals surface area contributed by atoms with Gasteiger partial charge in [-0.3, -0.25) is 4.79 Å². The van der Waals surface area contributed by atoms with Gasteiger partial charge >= 0.3 is 0 Å². The SMILES string of the molecule is CCCCCCCCCCCCCCCCOc1ccc(CN(C(=O)c2ccc[n+](CC)c2)c2ccccc2)cc1OC. The van der Waals surface area contributed by atoms with Crippen LogP contribution in [0.4, 0.5) is 5.69 Å². The minimum atomic E-state index is -0.0360. The molecule has 3 rings (SSSR count). The molecule has 43 heavy (non-hydrogen) atoms. The number of ether oxygens (including phenoxy) is 2. The Hall–Kier alpha value is -3.34. The first-order valence-corrected chi connectivity index (χ1v) is 16.8. The summed E-state index contributed by atoms with van der Waals surface area (Å²) in [6.45, 7) is 6.28. The molecule has 0 spiro atoms. The van der Waals surface area contributed by atoms with Gasteiger partial charge in [0.15, 0.2) is 23.9 Å². The zero-order valence-electron chi connectivity index (χ0n) is 27.1. The Bertz CT molecular complexity index is 1180. The van der Waals surface area contributed by atoms with Crippen LogP contribution < -0.4 is 18.9 Å². The van der Waals surface area contributed by atoms with E-state index in [4.69, 9.17) is 9.47 Å². The van der Waals surface area contributed by atoms with Crippen LogP contribution in [0.1, 0.15) is 120 Å².